The molecule has 6 nitrogen and oxygen atoms in total. The lowest BCUT2D eigenvalue weighted by Crippen LogP contribution is -2.26. The molecule has 1 aliphatic heterocycles. The normalized spacial score (nSPS) is 18.8. The number of hydrogen-bond acceptors (Lipinski definition) is 6. The van der Waals surface area contributed by atoms with Crippen LogP contribution in [0.1, 0.15) is 12.3 Å². The summed E-state index contributed by atoms with van der Waals surface area (Å²) in [6.45, 7) is 3.98. The van der Waals surface area contributed by atoms with E-state index in [0.717, 1.165) is 31.1 Å². The summed E-state index contributed by atoms with van der Waals surface area (Å²) < 4.78 is 5.32. The van der Waals surface area contributed by atoms with Gasteiger partial charge in [-0.25, -0.2) is 0 Å². The van der Waals surface area contributed by atoms with Crippen LogP contribution >= 0.6 is 0 Å². The van der Waals surface area contributed by atoms with Crippen LogP contribution in [-0.2, 0) is 6.54 Å². The Morgan fingerprint density at radius 3 is 3.00 bits per heavy atom. The third-order valence-corrected chi connectivity index (χ3v) is 3.54. The zero-order valence-corrected chi connectivity index (χ0v) is 11.6. The van der Waals surface area contributed by atoms with Gasteiger partial charge in [0.15, 0.2) is 0 Å². The van der Waals surface area contributed by atoms with Crippen molar-refractivity contribution in [3.63, 3.8) is 0 Å². The molecule has 1 saturated heterocycles. The fourth-order valence-corrected chi connectivity index (χ4v) is 2.54. The minimum atomic E-state index is 0.623. The van der Waals surface area contributed by atoms with Gasteiger partial charge >= 0.3 is 0 Å². The van der Waals surface area contributed by atoms with Crippen molar-refractivity contribution in [1.29, 1.82) is 0 Å². The first kappa shape index (κ1) is 13.2. The summed E-state index contributed by atoms with van der Waals surface area (Å²) in [7, 11) is 2.09. The Labute approximate surface area is 118 Å². The molecule has 0 aromatic carbocycles. The van der Waals surface area contributed by atoms with Crippen LogP contribution in [0.5, 0.6) is 0 Å². The lowest BCUT2D eigenvalue weighted by atomic mass is 10.1. The Hall–Kier alpha value is -1.79. The maximum absolute atomic E-state index is 5.32. The van der Waals surface area contributed by atoms with E-state index in [1.54, 1.807) is 12.4 Å². The Balaban J connectivity index is 1.59. The molecular weight excluding hydrogens is 254 g/mol. The van der Waals surface area contributed by atoms with Crippen molar-refractivity contribution in [2.45, 2.75) is 13.0 Å². The summed E-state index contributed by atoms with van der Waals surface area (Å²) in [4.78, 5) is 10.7. The van der Waals surface area contributed by atoms with Crippen molar-refractivity contribution in [2.24, 2.45) is 5.92 Å². The zero-order chi connectivity index (χ0) is 13.8. The Kier molecular flexibility index (Phi) is 4.03. The number of rotatable bonds is 5. The predicted molar refractivity (Wildman–Crippen MR) is 74.8 cm³/mol. The SMILES string of the molecule is CN(Cc1nc(-c2ccncc2)no1)CC1CCNC1. The zero-order valence-electron chi connectivity index (χ0n) is 11.6. The van der Waals surface area contributed by atoms with Crippen LogP contribution in [0.4, 0.5) is 0 Å². The third kappa shape index (κ3) is 3.20. The molecule has 20 heavy (non-hydrogen) atoms. The van der Waals surface area contributed by atoms with Crippen LogP contribution in [0.25, 0.3) is 11.4 Å². The van der Waals surface area contributed by atoms with Crippen LogP contribution in [0, 0.1) is 5.92 Å². The van der Waals surface area contributed by atoms with Gasteiger partial charge in [-0.05, 0) is 44.6 Å². The van der Waals surface area contributed by atoms with Gasteiger partial charge in [-0.2, -0.15) is 4.98 Å². The molecule has 1 N–H and O–H groups in total. The highest BCUT2D eigenvalue weighted by molar-refractivity contribution is 5.52. The largest absolute Gasteiger partial charge is 0.338 e. The quantitative estimate of drug-likeness (QED) is 0.882. The maximum Gasteiger partial charge on any atom is 0.241 e. The molecule has 0 saturated carbocycles. The summed E-state index contributed by atoms with van der Waals surface area (Å²) in [5, 5.41) is 7.40. The van der Waals surface area contributed by atoms with Gasteiger partial charge in [-0.3, -0.25) is 9.88 Å². The van der Waals surface area contributed by atoms with E-state index < -0.39 is 0 Å². The minimum Gasteiger partial charge on any atom is -0.338 e. The van der Waals surface area contributed by atoms with Gasteiger partial charge in [-0.1, -0.05) is 5.16 Å². The highest BCUT2D eigenvalue weighted by Crippen LogP contribution is 2.15. The molecule has 0 spiro atoms. The molecule has 1 aliphatic rings. The van der Waals surface area contributed by atoms with Crippen LogP contribution < -0.4 is 5.32 Å². The second kappa shape index (κ2) is 6.11. The number of nitrogens with one attached hydrogen (secondary N) is 1. The van der Waals surface area contributed by atoms with Crippen molar-refractivity contribution in [1.82, 2.24) is 25.3 Å². The standard InChI is InChI=1S/C14H19N5O/c1-19(9-11-2-5-16-8-11)10-13-17-14(18-20-13)12-3-6-15-7-4-12/h3-4,6-7,11,16H,2,5,8-10H2,1H3. The molecule has 6 heteroatoms. The molecule has 0 radical (unpaired) electrons. The summed E-state index contributed by atoms with van der Waals surface area (Å²) in [6.07, 6.45) is 4.70. The van der Waals surface area contributed by atoms with E-state index in [9.17, 15) is 0 Å². The molecule has 3 heterocycles. The fourth-order valence-electron chi connectivity index (χ4n) is 2.54. The van der Waals surface area contributed by atoms with E-state index in [1.165, 1.54) is 6.42 Å². The third-order valence-electron chi connectivity index (χ3n) is 3.54. The molecule has 0 bridgehead atoms. The molecular formula is C14H19N5O. The summed E-state index contributed by atoms with van der Waals surface area (Å²) in [5.41, 5.74) is 0.928. The van der Waals surface area contributed by atoms with Crippen LogP contribution in [-0.4, -0.2) is 46.7 Å². The Morgan fingerprint density at radius 1 is 1.40 bits per heavy atom. The average molecular weight is 273 g/mol. The molecule has 3 rings (SSSR count). The smallest absolute Gasteiger partial charge is 0.241 e. The first-order chi connectivity index (χ1) is 9.81. The molecule has 0 amide bonds. The van der Waals surface area contributed by atoms with Crippen LogP contribution in [0.15, 0.2) is 29.0 Å². The number of hydrogen-bond donors (Lipinski definition) is 1. The Bertz CT molecular complexity index is 536. The lowest BCUT2D eigenvalue weighted by molar-refractivity contribution is 0.239. The van der Waals surface area contributed by atoms with Gasteiger partial charge in [0.1, 0.15) is 0 Å². The first-order valence-electron chi connectivity index (χ1n) is 6.93. The van der Waals surface area contributed by atoms with Gasteiger partial charge in [0.2, 0.25) is 11.7 Å². The maximum atomic E-state index is 5.32. The molecule has 1 unspecified atom stereocenters. The number of aromatic nitrogens is 3. The topological polar surface area (TPSA) is 67.1 Å². The van der Waals surface area contributed by atoms with Crippen molar-refractivity contribution in [2.75, 3.05) is 26.7 Å². The van der Waals surface area contributed by atoms with E-state index in [-0.39, 0.29) is 0 Å². The summed E-state index contributed by atoms with van der Waals surface area (Å²) in [5.74, 6) is 2.01. The average Bonchev–Trinajstić information content (AvgIpc) is 3.11. The Morgan fingerprint density at radius 2 is 2.25 bits per heavy atom. The number of nitrogens with zero attached hydrogens (tertiary/aromatic N) is 4. The second-order valence-electron chi connectivity index (χ2n) is 5.30. The lowest BCUT2D eigenvalue weighted by Gasteiger charge is -2.18. The van der Waals surface area contributed by atoms with E-state index in [4.69, 9.17) is 4.52 Å². The monoisotopic (exact) mass is 273 g/mol. The molecule has 1 fully saturated rings. The second-order valence-corrected chi connectivity index (χ2v) is 5.30. The van der Waals surface area contributed by atoms with E-state index in [0.29, 0.717) is 18.3 Å². The molecule has 0 aliphatic carbocycles. The highest BCUT2D eigenvalue weighted by atomic mass is 16.5. The highest BCUT2D eigenvalue weighted by Gasteiger charge is 2.18. The van der Waals surface area contributed by atoms with Crippen molar-refractivity contribution >= 4 is 0 Å². The van der Waals surface area contributed by atoms with Gasteiger partial charge in [0.05, 0.1) is 6.54 Å². The van der Waals surface area contributed by atoms with Gasteiger partial charge < -0.3 is 9.84 Å². The fraction of sp³-hybridized carbons (Fsp3) is 0.500. The van der Waals surface area contributed by atoms with E-state index in [1.807, 2.05) is 12.1 Å². The van der Waals surface area contributed by atoms with Crippen molar-refractivity contribution < 1.29 is 4.52 Å². The van der Waals surface area contributed by atoms with Crippen LogP contribution in [0.2, 0.25) is 0 Å². The summed E-state index contributed by atoms with van der Waals surface area (Å²) >= 11 is 0. The number of pyridine rings is 1. The van der Waals surface area contributed by atoms with Crippen LogP contribution in [0.3, 0.4) is 0 Å². The van der Waals surface area contributed by atoms with Crippen molar-refractivity contribution in [3.8, 4) is 11.4 Å². The van der Waals surface area contributed by atoms with Gasteiger partial charge in [0, 0.05) is 24.5 Å². The molecule has 106 valence electrons. The van der Waals surface area contributed by atoms with Crippen molar-refractivity contribution in [3.05, 3.63) is 30.4 Å². The van der Waals surface area contributed by atoms with E-state index >= 15 is 0 Å². The van der Waals surface area contributed by atoms with E-state index in [2.05, 4.69) is 32.4 Å². The molecule has 2 aromatic rings. The summed E-state index contributed by atoms with van der Waals surface area (Å²) in [6, 6.07) is 3.76. The minimum absolute atomic E-state index is 0.623. The first-order valence-corrected chi connectivity index (χ1v) is 6.93. The van der Waals surface area contributed by atoms with Gasteiger partial charge in [-0.15, -0.1) is 0 Å². The molecule has 1 atom stereocenters. The molecule has 2 aromatic heterocycles. The van der Waals surface area contributed by atoms with Gasteiger partial charge in [0.25, 0.3) is 0 Å². The predicted octanol–water partition coefficient (Wildman–Crippen LogP) is 1.17.